The number of halogens is 4. The fourth-order valence-corrected chi connectivity index (χ4v) is 3.20. The van der Waals surface area contributed by atoms with Crippen molar-refractivity contribution in [2.24, 2.45) is 7.05 Å². The number of hydrogen-bond acceptors (Lipinski definition) is 5. The van der Waals surface area contributed by atoms with Crippen LogP contribution in [0.25, 0.3) is 16.6 Å². The number of aryl methyl sites for hydroxylation is 1. The first-order valence-electron chi connectivity index (χ1n) is 9.37. The van der Waals surface area contributed by atoms with Crippen LogP contribution in [0.15, 0.2) is 58.1 Å². The third kappa shape index (κ3) is 4.14. The number of fused-ring (bicyclic) bond motifs is 1. The second-order valence-electron chi connectivity index (χ2n) is 7.00. The van der Waals surface area contributed by atoms with E-state index in [1.165, 1.54) is 43.4 Å². The molecule has 0 atom stereocenters. The van der Waals surface area contributed by atoms with Crippen molar-refractivity contribution in [3.05, 3.63) is 92.1 Å². The van der Waals surface area contributed by atoms with E-state index < -0.39 is 41.5 Å². The van der Waals surface area contributed by atoms with Gasteiger partial charge in [0.25, 0.3) is 5.56 Å². The second kappa shape index (κ2) is 8.04. The number of benzene rings is 2. The van der Waals surface area contributed by atoms with Crippen LogP contribution in [0, 0.1) is 5.82 Å². The standard InChI is InChI=1S/C21H14F4N4O4/c1-28-12(9-17(27-28)21(23,24)25)10-33-19(31)11-6-7-13-15(8-11)26-20(32)29(18(13)30)16-5-3-2-4-14(16)22/h2-9H,10H2,1H3,(H,26,32). The van der Waals surface area contributed by atoms with Crippen LogP contribution in [0.4, 0.5) is 17.6 Å². The quantitative estimate of drug-likeness (QED) is 0.372. The highest BCUT2D eigenvalue weighted by atomic mass is 19.4. The molecule has 12 heteroatoms. The van der Waals surface area contributed by atoms with Crippen molar-refractivity contribution < 1.29 is 27.1 Å². The maximum absolute atomic E-state index is 14.1. The van der Waals surface area contributed by atoms with Gasteiger partial charge in [-0.15, -0.1) is 0 Å². The number of aromatic nitrogens is 4. The lowest BCUT2D eigenvalue weighted by molar-refractivity contribution is -0.141. The third-order valence-corrected chi connectivity index (χ3v) is 4.85. The molecule has 8 nitrogen and oxygen atoms in total. The fraction of sp³-hybridized carbons (Fsp3) is 0.143. The molecule has 4 aromatic rings. The molecular formula is C21H14F4N4O4. The van der Waals surface area contributed by atoms with Crippen LogP contribution in [0.3, 0.4) is 0 Å². The molecule has 0 bridgehead atoms. The van der Waals surface area contributed by atoms with E-state index in [-0.39, 0.29) is 27.8 Å². The summed E-state index contributed by atoms with van der Waals surface area (Å²) in [6.07, 6.45) is -4.64. The van der Waals surface area contributed by atoms with Gasteiger partial charge >= 0.3 is 17.8 Å². The highest BCUT2D eigenvalue weighted by molar-refractivity contribution is 5.94. The van der Waals surface area contributed by atoms with Crippen molar-refractivity contribution in [3.8, 4) is 5.69 Å². The number of alkyl halides is 3. The first-order chi connectivity index (χ1) is 15.6. The number of para-hydroxylation sites is 1. The molecule has 0 amide bonds. The number of ether oxygens (including phenoxy) is 1. The molecule has 0 unspecified atom stereocenters. The summed E-state index contributed by atoms with van der Waals surface area (Å²) in [5, 5.41) is 3.34. The van der Waals surface area contributed by atoms with E-state index >= 15 is 0 Å². The van der Waals surface area contributed by atoms with Crippen molar-refractivity contribution in [2.75, 3.05) is 0 Å². The lowest BCUT2D eigenvalue weighted by Crippen LogP contribution is -2.34. The molecule has 2 heterocycles. The van der Waals surface area contributed by atoms with E-state index in [0.29, 0.717) is 4.57 Å². The van der Waals surface area contributed by atoms with Crippen molar-refractivity contribution >= 4 is 16.9 Å². The Bertz CT molecular complexity index is 1500. The van der Waals surface area contributed by atoms with Crippen LogP contribution >= 0.6 is 0 Å². The monoisotopic (exact) mass is 462 g/mol. The summed E-state index contributed by atoms with van der Waals surface area (Å²) in [5.74, 6) is -1.67. The number of aromatic amines is 1. The Morgan fingerprint density at radius 2 is 1.85 bits per heavy atom. The normalized spacial score (nSPS) is 11.7. The Balaban J connectivity index is 1.62. The molecule has 0 saturated heterocycles. The molecule has 170 valence electrons. The average Bonchev–Trinajstić information content (AvgIpc) is 3.14. The molecule has 0 saturated carbocycles. The van der Waals surface area contributed by atoms with E-state index in [2.05, 4.69) is 10.1 Å². The van der Waals surface area contributed by atoms with Crippen LogP contribution in [0.2, 0.25) is 0 Å². The predicted molar refractivity (Wildman–Crippen MR) is 107 cm³/mol. The first kappa shape index (κ1) is 22.0. The van der Waals surface area contributed by atoms with Gasteiger partial charge in [0.15, 0.2) is 5.69 Å². The van der Waals surface area contributed by atoms with Gasteiger partial charge < -0.3 is 9.72 Å². The third-order valence-electron chi connectivity index (χ3n) is 4.85. The van der Waals surface area contributed by atoms with Crippen molar-refractivity contribution in [2.45, 2.75) is 12.8 Å². The molecule has 0 radical (unpaired) electrons. The number of H-pyrrole nitrogens is 1. The van der Waals surface area contributed by atoms with Gasteiger partial charge in [0.2, 0.25) is 0 Å². The van der Waals surface area contributed by atoms with Crippen LogP contribution < -0.4 is 11.2 Å². The summed E-state index contributed by atoms with van der Waals surface area (Å²) in [7, 11) is 1.28. The molecule has 0 spiro atoms. The number of nitrogens with one attached hydrogen (secondary N) is 1. The Kier molecular flexibility index (Phi) is 5.36. The number of nitrogens with zero attached hydrogens (tertiary/aromatic N) is 3. The van der Waals surface area contributed by atoms with Gasteiger partial charge in [0.05, 0.1) is 27.8 Å². The van der Waals surface area contributed by atoms with Gasteiger partial charge in [-0.2, -0.15) is 18.3 Å². The maximum atomic E-state index is 14.1. The smallest absolute Gasteiger partial charge is 0.435 e. The zero-order valence-corrected chi connectivity index (χ0v) is 16.8. The minimum atomic E-state index is -4.64. The summed E-state index contributed by atoms with van der Waals surface area (Å²) >= 11 is 0. The van der Waals surface area contributed by atoms with Crippen molar-refractivity contribution in [1.82, 2.24) is 19.3 Å². The van der Waals surface area contributed by atoms with E-state index in [4.69, 9.17) is 4.74 Å². The maximum Gasteiger partial charge on any atom is 0.435 e. The number of esters is 1. The highest BCUT2D eigenvalue weighted by Crippen LogP contribution is 2.28. The molecule has 4 rings (SSSR count). The van der Waals surface area contributed by atoms with Gasteiger partial charge in [-0.25, -0.2) is 18.5 Å². The van der Waals surface area contributed by atoms with E-state index in [0.717, 1.165) is 16.8 Å². The number of hydrogen-bond donors (Lipinski definition) is 1. The van der Waals surface area contributed by atoms with Crippen molar-refractivity contribution in [1.29, 1.82) is 0 Å². The minimum Gasteiger partial charge on any atom is -0.456 e. The summed E-state index contributed by atoms with van der Waals surface area (Å²) in [4.78, 5) is 40.0. The second-order valence-corrected chi connectivity index (χ2v) is 7.00. The topological polar surface area (TPSA) is 99.0 Å². The fourth-order valence-electron chi connectivity index (χ4n) is 3.20. The van der Waals surface area contributed by atoms with E-state index in [1.807, 2.05) is 0 Å². The zero-order chi connectivity index (χ0) is 23.9. The van der Waals surface area contributed by atoms with Gasteiger partial charge in [-0.1, -0.05) is 12.1 Å². The summed E-state index contributed by atoms with van der Waals surface area (Å²) in [6.45, 7) is -0.484. The Morgan fingerprint density at radius 1 is 1.12 bits per heavy atom. The van der Waals surface area contributed by atoms with Gasteiger partial charge in [-0.05, 0) is 36.4 Å². The SMILES string of the molecule is Cn1nc(C(F)(F)F)cc1COC(=O)c1ccc2c(=O)n(-c3ccccc3F)c(=O)[nH]c2c1. The largest absolute Gasteiger partial charge is 0.456 e. The number of carbonyl (C=O) groups excluding carboxylic acids is 1. The Labute approximate surface area is 181 Å². The summed E-state index contributed by atoms with van der Waals surface area (Å²) < 4.78 is 59.0. The van der Waals surface area contributed by atoms with Crippen molar-refractivity contribution in [3.63, 3.8) is 0 Å². The first-order valence-corrected chi connectivity index (χ1v) is 9.37. The Hall–Kier alpha value is -4.22. The zero-order valence-electron chi connectivity index (χ0n) is 16.8. The van der Waals surface area contributed by atoms with Gasteiger partial charge in [0, 0.05) is 7.05 Å². The molecule has 0 aliphatic carbocycles. The lowest BCUT2D eigenvalue weighted by Gasteiger charge is -2.09. The van der Waals surface area contributed by atoms with Gasteiger partial charge in [0.1, 0.15) is 12.4 Å². The van der Waals surface area contributed by atoms with E-state index in [9.17, 15) is 31.9 Å². The van der Waals surface area contributed by atoms with Crippen LogP contribution in [-0.4, -0.2) is 25.3 Å². The van der Waals surface area contributed by atoms with Crippen LogP contribution in [0.1, 0.15) is 21.7 Å². The molecule has 2 aromatic carbocycles. The van der Waals surface area contributed by atoms with Gasteiger partial charge in [-0.3, -0.25) is 9.48 Å². The highest BCUT2D eigenvalue weighted by Gasteiger charge is 2.34. The molecule has 0 aliphatic heterocycles. The summed E-state index contributed by atoms with van der Waals surface area (Å²) in [5.41, 5.74) is -3.11. The Morgan fingerprint density at radius 3 is 2.52 bits per heavy atom. The predicted octanol–water partition coefficient (Wildman–Crippen LogP) is 2.93. The molecule has 0 aliphatic rings. The number of rotatable bonds is 4. The molecular weight excluding hydrogens is 448 g/mol. The van der Waals surface area contributed by atoms with E-state index in [1.54, 1.807) is 0 Å². The minimum absolute atomic E-state index is 0.00642. The summed E-state index contributed by atoms with van der Waals surface area (Å²) in [6, 6.07) is 9.71. The van der Waals surface area contributed by atoms with Crippen LogP contribution in [0.5, 0.6) is 0 Å². The number of carbonyl (C=O) groups is 1. The van der Waals surface area contributed by atoms with Crippen LogP contribution in [-0.2, 0) is 24.6 Å². The average molecular weight is 462 g/mol. The molecule has 0 fully saturated rings. The lowest BCUT2D eigenvalue weighted by atomic mass is 10.1. The molecule has 33 heavy (non-hydrogen) atoms. The molecule has 2 aromatic heterocycles. The molecule has 1 N–H and O–H groups in total.